The van der Waals surface area contributed by atoms with Gasteiger partial charge in [0.2, 0.25) is 11.8 Å². The highest BCUT2D eigenvalue weighted by Crippen LogP contribution is 2.25. The summed E-state index contributed by atoms with van der Waals surface area (Å²) in [6.07, 6.45) is 0. The lowest BCUT2D eigenvalue weighted by Gasteiger charge is -2.33. The third-order valence-corrected chi connectivity index (χ3v) is 9.21. The Hall–Kier alpha value is -1.67. The number of hydrogen-bond donors (Lipinski definition) is 0. The zero-order chi connectivity index (χ0) is 22.4. The minimum atomic E-state index is -3.73. The number of rotatable bonds is 7. The summed E-state index contributed by atoms with van der Waals surface area (Å²) in [5, 5.41) is 1.45. The summed E-state index contributed by atoms with van der Waals surface area (Å²) >= 11 is 2.24. The molecular formula is C18H25N3O7S3. The molecule has 1 aromatic heterocycles. The summed E-state index contributed by atoms with van der Waals surface area (Å²) < 4.78 is 36.8. The number of nitrogens with zero attached hydrogens (tertiary/aromatic N) is 3. The fourth-order valence-corrected chi connectivity index (χ4v) is 6.74. The maximum Gasteiger partial charge on any atom is 0.338 e. The van der Waals surface area contributed by atoms with E-state index < -0.39 is 16.0 Å². The Morgan fingerprint density at radius 3 is 2.19 bits per heavy atom. The Bertz CT molecular complexity index is 904. The largest absolute Gasteiger partial charge is 0.465 e. The summed E-state index contributed by atoms with van der Waals surface area (Å²) in [5.74, 6) is -0.282. The van der Waals surface area contributed by atoms with E-state index in [1.54, 1.807) is 9.80 Å². The van der Waals surface area contributed by atoms with E-state index in [0.29, 0.717) is 26.3 Å². The number of thioether (sulfide) groups is 1. The smallest absolute Gasteiger partial charge is 0.338 e. The molecule has 0 spiro atoms. The van der Waals surface area contributed by atoms with Crippen molar-refractivity contribution in [2.45, 2.75) is 4.21 Å². The Morgan fingerprint density at radius 1 is 1.03 bits per heavy atom. The molecule has 0 bridgehead atoms. The number of piperazine rings is 1. The first-order valence-electron chi connectivity index (χ1n) is 9.71. The minimum absolute atomic E-state index is 0.000663. The quantitative estimate of drug-likeness (QED) is 0.488. The van der Waals surface area contributed by atoms with Crippen LogP contribution in [0.15, 0.2) is 15.7 Å². The van der Waals surface area contributed by atoms with Crippen molar-refractivity contribution in [2.24, 2.45) is 0 Å². The number of amides is 2. The van der Waals surface area contributed by atoms with Gasteiger partial charge in [-0.1, -0.05) is 0 Å². The van der Waals surface area contributed by atoms with Crippen molar-refractivity contribution < 1.29 is 32.3 Å². The summed E-state index contributed by atoms with van der Waals surface area (Å²) in [6.45, 7) is 3.16. The molecular weight excluding hydrogens is 466 g/mol. The van der Waals surface area contributed by atoms with Crippen LogP contribution in [-0.4, -0.2) is 111 Å². The molecule has 1 aromatic rings. The molecule has 0 saturated carbocycles. The number of methoxy groups -OCH3 is 1. The van der Waals surface area contributed by atoms with Crippen LogP contribution in [0.25, 0.3) is 0 Å². The molecule has 10 nitrogen and oxygen atoms in total. The molecule has 0 aromatic carbocycles. The van der Waals surface area contributed by atoms with E-state index in [9.17, 15) is 22.8 Å². The van der Waals surface area contributed by atoms with Crippen LogP contribution < -0.4 is 0 Å². The normalized spacial score (nSPS) is 18.1. The number of thiophene rings is 1. The monoisotopic (exact) mass is 491 g/mol. The van der Waals surface area contributed by atoms with Gasteiger partial charge in [0, 0.05) is 44.6 Å². The molecule has 2 aliphatic rings. The molecule has 0 aliphatic carbocycles. The second-order valence-electron chi connectivity index (χ2n) is 6.92. The molecule has 13 heteroatoms. The third-order valence-electron chi connectivity index (χ3n) is 5.00. The van der Waals surface area contributed by atoms with Crippen LogP contribution in [0.5, 0.6) is 0 Å². The first kappa shape index (κ1) is 24.0. The number of carbonyl (C=O) groups is 3. The Kier molecular flexibility index (Phi) is 8.33. The van der Waals surface area contributed by atoms with E-state index in [1.807, 2.05) is 0 Å². The fraction of sp³-hybridized carbons (Fsp3) is 0.611. The summed E-state index contributed by atoms with van der Waals surface area (Å²) in [4.78, 5) is 39.5. The first-order valence-corrected chi connectivity index (χ1v) is 13.2. The van der Waals surface area contributed by atoms with Gasteiger partial charge in [-0.2, -0.15) is 4.31 Å². The Balaban J connectivity index is 1.45. The van der Waals surface area contributed by atoms with Gasteiger partial charge in [-0.25, -0.2) is 13.2 Å². The molecule has 2 saturated heterocycles. The summed E-state index contributed by atoms with van der Waals surface area (Å²) in [5.41, 5.74) is 0.198. The van der Waals surface area contributed by atoms with Crippen LogP contribution in [0.1, 0.15) is 10.4 Å². The van der Waals surface area contributed by atoms with Gasteiger partial charge in [0.1, 0.15) is 4.21 Å². The molecule has 2 fully saturated rings. The van der Waals surface area contributed by atoms with E-state index in [0.717, 1.165) is 11.3 Å². The Labute approximate surface area is 189 Å². The van der Waals surface area contributed by atoms with Gasteiger partial charge in [0.15, 0.2) is 0 Å². The third kappa shape index (κ3) is 5.98. The van der Waals surface area contributed by atoms with Crippen LogP contribution in [0, 0.1) is 0 Å². The highest BCUT2D eigenvalue weighted by atomic mass is 32.2. The lowest BCUT2D eigenvalue weighted by Crippen LogP contribution is -2.50. The molecule has 0 unspecified atom stereocenters. The van der Waals surface area contributed by atoms with Crippen LogP contribution in [-0.2, 0) is 29.1 Å². The maximum atomic E-state index is 12.8. The van der Waals surface area contributed by atoms with E-state index in [4.69, 9.17) is 4.74 Å². The minimum Gasteiger partial charge on any atom is -0.465 e. The van der Waals surface area contributed by atoms with Crippen LogP contribution in [0.4, 0.5) is 0 Å². The van der Waals surface area contributed by atoms with Gasteiger partial charge in [-0.05, 0) is 6.07 Å². The molecule has 0 N–H and O–H groups in total. The van der Waals surface area contributed by atoms with Crippen molar-refractivity contribution in [3.63, 3.8) is 0 Å². The molecule has 3 heterocycles. The van der Waals surface area contributed by atoms with Crippen LogP contribution >= 0.6 is 23.1 Å². The van der Waals surface area contributed by atoms with Gasteiger partial charge in [0.25, 0.3) is 10.0 Å². The maximum absolute atomic E-state index is 12.8. The standard InChI is InChI=1S/C18H25N3O7S3/c1-27-18(24)14-10-17(30-11-14)31(25,26)21-4-2-19(3-5-21)15(22)12-29-13-16(23)20-6-8-28-9-7-20/h10-11H,2-9,12-13H2,1H3. The predicted molar refractivity (Wildman–Crippen MR) is 116 cm³/mol. The van der Waals surface area contributed by atoms with Gasteiger partial charge < -0.3 is 19.3 Å². The predicted octanol–water partition coefficient (Wildman–Crippen LogP) is -0.0404. The Morgan fingerprint density at radius 2 is 1.61 bits per heavy atom. The van der Waals surface area contributed by atoms with Gasteiger partial charge in [-0.3, -0.25) is 9.59 Å². The van der Waals surface area contributed by atoms with Crippen molar-refractivity contribution >= 4 is 50.9 Å². The average Bonchev–Trinajstić information content (AvgIpc) is 3.30. The lowest BCUT2D eigenvalue weighted by atomic mass is 10.3. The molecule has 2 amide bonds. The summed E-state index contributed by atoms with van der Waals surface area (Å²) in [7, 11) is -2.49. The lowest BCUT2D eigenvalue weighted by molar-refractivity contribution is -0.132. The molecule has 172 valence electrons. The fourth-order valence-electron chi connectivity index (χ4n) is 3.20. The zero-order valence-corrected chi connectivity index (χ0v) is 19.6. The molecule has 0 radical (unpaired) electrons. The van der Waals surface area contributed by atoms with Crippen molar-refractivity contribution in [3.05, 3.63) is 17.0 Å². The highest BCUT2D eigenvalue weighted by molar-refractivity contribution is 8.00. The van der Waals surface area contributed by atoms with E-state index in [-0.39, 0.29) is 59.3 Å². The van der Waals surface area contributed by atoms with Gasteiger partial charge in [-0.15, -0.1) is 23.1 Å². The summed E-state index contributed by atoms with van der Waals surface area (Å²) in [6, 6.07) is 1.31. The van der Waals surface area contributed by atoms with Crippen molar-refractivity contribution in [2.75, 3.05) is 71.1 Å². The van der Waals surface area contributed by atoms with Gasteiger partial charge in [0.05, 0.1) is 37.4 Å². The van der Waals surface area contributed by atoms with E-state index in [2.05, 4.69) is 4.74 Å². The molecule has 0 atom stereocenters. The van der Waals surface area contributed by atoms with E-state index >= 15 is 0 Å². The number of ether oxygens (including phenoxy) is 2. The van der Waals surface area contributed by atoms with Gasteiger partial charge >= 0.3 is 5.97 Å². The topological polar surface area (TPSA) is 114 Å². The second kappa shape index (κ2) is 10.8. The van der Waals surface area contributed by atoms with E-state index in [1.165, 1.54) is 34.6 Å². The average molecular weight is 492 g/mol. The van der Waals surface area contributed by atoms with Crippen molar-refractivity contribution in [3.8, 4) is 0 Å². The molecule has 31 heavy (non-hydrogen) atoms. The van der Waals surface area contributed by atoms with Crippen molar-refractivity contribution in [1.82, 2.24) is 14.1 Å². The number of sulfonamides is 1. The molecule has 2 aliphatic heterocycles. The number of carbonyl (C=O) groups excluding carboxylic acids is 3. The number of hydrogen-bond acceptors (Lipinski definition) is 9. The van der Waals surface area contributed by atoms with Crippen LogP contribution in [0.3, 0.4) is 0 Å². The van der Waals surface area contributed by atoms with Crippen molar-refractivity contribution in [1.29, 1.82) is 0 Å². The highest BCUT2D eigenvalue weighted by Gasteiger charge is 2.31. The zero-order valence-electron chi connectivity index (χ0n) is 17.1. The number of morpholine rings is 1. The van der Waals surface area contributed by atoms with Crippen LogP contribution in [0.2, 0.25) is 0 Å². The SMILES string of the molecule is COC(=O)c1csc(S(=O)(=O)N2CCN(C(=O)CSCC(=O)N3CCOCC3)CC2)c1. The molecule has 3 rings (SSSR count). The first-order chi connectivity index (χ1) is 14.8. The number of esters is 1. The second-order valence-corrected chi connectivity index (χ2v) is 11.0.